The van der Waals surface area contributed by atoms with Gasteiger partial charge >= 0.3 is 0 Å². The summed E-state index contributed by atoms with van der Waals surface area (Å²) in [4.78, 5) is 17.9. The molecule has 0 bridgehead atoms. The van der Waals surface area contributed by atoms with Gasteiger partial charge in [0.1, 0.15) is 17.3 Å². The van der Waals surface area contributed by atoms with Gasteiger partial charge in [-0.05, 0) is 42.5 Å². The molecule has 0 radical (unpaired) electrons. The van der Waals surface area contributed by atoms with Gasteiger partial charge in [0.25, 0.3) is 0 Å². The molecule has 0 aromatic carbocycles. The van der Waals surface area contributed by atoms with E-state index in [-0.39, 0.29) is 5.41 Å². The summed E-state index contributed by atoms with van der Waals surface area (Å²) in [6.45, 7) is 11.2. The Morgan fingerprint density at radius 3 is 2.48 bits per heavy atom. The van der Waals surface area contributed by atoms with Crippen molar-refractivity contribution in [3.8, 4) is 11.5 Å². The summed E-state index contributed by atoms with van der Waals surface area (Å²) in [5.74, 6) is 2.23. The van der Waals surface area contributed by atoms with Crippen LogP contribution in [0.15, 0.2) is 12.3 Å². The highest BCUT2D eigenvalue weighted by molar-refractivity contribution is 14.1. The highest BCUT2D eigenvalue weighted by atomic mass is 127. The molecule has 0 spiro atoms. The maximum atomic E-state index is 4.75. The number of halogens is 1. The fraction of sp³-hybridized carbons (Fsp3) is 0.467. The average Bonchev–Trinajstić information content (AvgIpc) is 2.40. The van der Waals surface area contributed by atoms with Gasteiger partial charge < -0.3 is 5.32 Å². The van der Waals surface area contributed by atoms with Crippen molar-refractivity contribution >= 4 is 28.4 Å². The van der Waals surface area contributed by atoms with Crippen molar-refractivity contribution in [2.45, 2.75) is 40.0 Å². The first-order valence-corrected chi connectivity index (χ1v) is 8.02. The summed E-state index contributed by atoms with van der Waals surface area (Å²) >= 11 is 2.31. The van der Waals surface area contributed by atoms with Crippen LogP contribution in [0, 0.1) is 10.5 Å². The van der Waals surface area contributed by atoms with Gasteiger partial charge in [0.05, 0.1) is 9.26 Å². The molecule has 0 aliphatic heterocycles. The van der Waals surface area contributed by atoms with E-state index >= 15 is 0 Å². The topological polar surface area (TPSA) is 63.6 Å². The van der Waals surface area contributed by atoms with Gasteiger partial charge in [-0.3, -0.25) is 0 Å². The van der Waals surface area contributed by atoms with Crippen LogP contribution in [0.3, 0.4) is 0 Å². The first-order valence-electron chi connectivity index (χ1n) is 6.95. The second-order valence-electron chi connectivity index (χ2n) is 5.83. The van der Waals surface area contributed by atoms with Gasteiger partial charge in [0, 0.05) is 18.2 Å². The van der Waals surface area contributed by atoms with Crippen molar-refractivity contribution in [3.05, 3.63) is 27.4 Å². The van der Waals surface area contributed by atoms with E-state index in [0.29, 0.717) is 5.82 Å². The van der Waals surface area contributed by atoms with E-state index in [4.69, 9.17) is 4.98 Å². The van der Waals surface area contributed by atoms with Crippen molar-refractivity contribution in [2.75, 3.05) is 11.9 Å². The molecule has 0 aliphatic rings. The van der Waals surface area contributed by atoms with Gasteiger partial charge in [0.2, 0.25) is 0 Å². The van der Waals surface area contributed by atoms with Crippen molar-refractivity contribution < 1.29 is 0 Å². The lowest BCUT2D eigenvalue weighted by molar-refractivity contribution is 0.564. The number of nitrogens with zero attached hydrogens (tertiary/aromatic N) is 4. The second kappa shape index (κ2) is 6.21. The van der Waals surface area contributed by atoms with Crippen molar-refractivity contribution in [3.63, 3.8) is 0 Å². The predicted octanol–water partition coefficient (Wildman–Crippen LogP) is 3.58. The molecular weight excluding hydrogens is 377 g/mol. The number of rotatable bonds is 3. The average molecular weight is 397 g/mol. The molecule has 0 saturated heterocycles. The molecule has 5 nitrogen and oxygen atoms in total. The fourth-order valence-corrected chi connectivity index (χ4v) is 3.16. The smallest absolute Gasteiger partial charge is 0.180 e. The molecule has 6 heteroatoms. The van der Waals surface area contributed by atoms with E-state index in [2.05, 4.69) is 70.6 Å². The molecule has 1 N–H and O–H groups in total. The van der Waals surface area contributed by atoms with Crippen LogP contribution in [-0.2, 0) is 5.41 Å². The monoisotopic (exact) mass is 397 g/mol. The van der Waals surface area contributed by atoms with Gasteiger partial charge in [-0.25, -0.2) is 19.9 Å². The van der Waals surface area contributed by atoms with E-state index in [1.54, 1.807) is 6.20 Å². The zero-order valence-corrected chi connectivity index (χ0v) is 15.2. The third-order valence-electron chi connectivity index (χ3n) is 2.91. The first-order chi connectivity index (χ1) is 9.82. The third kappa shape index (κ3) is 3.66. The van der Waals surface area contributed by atoms with Crippen molar-refractivity contribution in [2.24, 2.45) is 0 Å². The number of hydrogen-bond acceptors (Lipinski definition) is 5. The van der Waals surface area contributed by atoms with E-state index in [1.807, 2.05) is 13.0 Å². The normalized spacial score (nSPS) is 11.5. The molecule has 21 heavy (non-hydrogen) atoms. The summed E-state index contributed by atoms with van der Waals surface area (Å²) < 4.78 is 1.07. The minimum absolute atomic E-state index is 0.0551. The Kier molecular flexibility index (Phi) is 4.75. The molecule has 0 fully saturated rings. The van der Waals surface area contributed by atoms with Crippen LogP contribution in [0.2, 0.25) is 0 Å². The van der Waals surface area contributed by atoms with Crippen molar-refractivity contribution in [1.29, 1.82) is 0 Å². The maximum absolute atomic E-state index is 4.75. The summed E-state index contributed by atoms with van der Waals surface area (Å²) in [6.07, 6.45) is 1.74. The lowest BCUT2D eigenvalue weighted by atomic mass is 9.92. The van der Waals surface area contributed by atoms with E-state index in [9.17, 15) is 0 Å². The Morgan fingerprint density at radius 1 is 1.19 bits per heavy atom. The molecule has 0 amide bonds. The lowest BCUT2D eigenvalue weighted by Gasteiger charge is -2.22. The summed E-state index contributed by atoms with van der Waals surface area (Å²) in [5, 5.41) is 3.31. The SMILES string of the molecule is CCNc1nc(-c2ccnc(C)n2)nc(C(C)(C)C)c1I. The Labute approximate surface area is 139 Å². The zero-order valence-electron chi connectivity index (χ0n) is 13.0. The van der Waals surface area contributed by atoms with Crippen LogP contribution in [-0.4, -0.2) is 26.5 Å². The van der Waals surface area contributed by atoms with Crippen LogP contribution >= 0.6 is 22.6 Å². The lowest BCUT2D eigenvalue weighted by Crippen LogP contribution is -2.19. The largest absolute Gasteiger partial charge is 0.369 e. The molecule has 2 rings (SSSR count). The fourth-order valence-electron chi connectivity index (χ4n) is 1.92. The number of hydrogen-bond donors (Lipinski definition) is 1. The predicted molar refractivity (Wildman–Crippen MR) is 93.4 cm³/mol. The summed E-state index contributed by atoms with van der Waals surface area (Å²) in [7, 11) is 0. The van der Waals surface area contributed by atoms with Gasteiger partial charge in [-0.2, -0.15) is 0 Å². The second-order valence-corrected chi connectivity index (χ2v) is 6.91. The van der Waals surface area contributed by atoms with Crippen LogP contribution in [0.4, 0.5) is 5.82 Å². The summed E-state index contributed by atoms with van der Waals surface area (Å²) in [5.41, 5.74) is 1.73. The standard InChI is InChI=1S/C15H20IN5/c1-6-17-14-11(16)12(15(3,4)5)20-13(21-14)10-7-8-18-9(2)19-10/h7-8H,6H2,1-5H3,(H,17,20,21). The molecule has 0 unspecified atom stereocenters. The Hall–Kier alpha value is -1.31. The molecule has 0 aliphatic carbocycles. The van der Waals surface area contributed by atoms with E-state index in [1.165, 1.54) is 0 Å². The first kappa shape index (κ1) is 16.1. The zero-order chi connectivity index (χ0) is 15.6. The maximum Gasteiger partial charge on any atom is 0.180 e. The highest BCUT2D eigenvalue weighted by Crippen LogP contribution is 2.31. The van der Waals surface area contributed by atoms with E-state index in [0.717, 1.165) is 33.1 Å². The molecule has 0 atom stereocenters. The molecule has 2 heterocycles. The Bertz CT molecular complexity index is 649. The third-order valence-corrected chi connectivity index (χ3v) is 3.93. The van der Waals surface area contributed by atoms with Crippen LogP contribution in [0.25, 0.3) is 11.5 Å². The van der Waals surface area contributed by atoms with Crippen LogP contribution in [0.1, 0.15) is 39.2 Å². The van der Waals surface area contributed by atoms with Gasteiger partial charge in [-0.15, -0.1) is 0 Å². The Morgan fingerprint density at radius 2 is 1.90 bits per heavy atom. The molecule has 0 saturated carbocycles. The number of aromatic nitrogens is 4. The van der Waals surface area contributed by atoms with Crippen LogP contribution in [0.5, 0.6) is 0 Å². The molecule has 2 aromatic rings. The highest BCUT2D eigenvalue weighted by Gasteiger charge is 2.23. The molecule has 112 valence electrons. The van der Waals surface area contributed by atoms with Crippen LogP contribution < -0.4 is 5.32 Å². The van der Waals surface area contributed by atoms with E-state index < -0.39 is 0 Å². The minimum Gasteiger partial charge on any atom is -0.369 e. The minimum atomic E-state index is -0.0551. The number of nitrogens with one attached hydrogen (secondary N) is 1. The van der Waals surface area contributed by atoms with Gasteiger partial charge in [0.15, 0.2) is 5.82 Å². The summed E-state index contributed by atoms with van der Waals surface area (Å²) in [6, 6.07) is 1.84. The molecular formula is C15H20IN5. The Balaban J connectivity index is 2.64. The van der Waals surface area contributed by atoms with Gasteiger partial charge in [-0.1, -0.05) is 20.8 Å². The number of aryl methyl sites for hydroxylation is 1. The van der Waals surface area contributed by atoms with Crippen molar-refractivity contribution in [1.82, 2.24) is 19.9 Å². The number of anilines is 1. The quantitative estimate of drug-likeness (QED) is 0.803. The molecule has 2 aromatic heterocycles.